The number of thioether (sulfide) groups is 1. The third kappa shape index (κ3) is 6.33. The van der Waals surface area contributed by atoms with Crippen LogP contribution in [0.1, 0.15) is 5.82 Å². The van der Waals surface area contributed by atoms with Gasteiger partial charge in [0.15, 0.2) is 5.16 Å². The highest BCUT2D eigenvalue weighted by atomic mass is 35.5. The van der Waals surface area contributed by atoms with Crippen molar-refractivity contribution < 1.29 is 9.59 Å². The second-order valence-electron chi connectivity index (χ2n) is 6.33. The van der Waals surface area contributed by atoms with E-state index in [1.54, 1.807) is 28.8 Å². The molecule has 10 heteroatoms. The van der Waals surface area contributed by atoms with E-state index < -0.39 is 0 Å². The van der Waals surface area contributed by atoms with Gasteiger partial charge in [-0.3, -0.25) is 9.59 Å². The lowest BCUT2D eigenvalue weighted by Gasteiger charge is -2.10. The molecule has 31 heavy (non-hydrogen) atoms. The maximum atomic E-state index is 12.5. The number of nitrogens with zero attached hydrogens (tertiary/aromatic N) is 3. The van der Waals surface area contributed by atoms with Gasteiger partial charge in [-0.1, -0.05) is 65.3 Å². The predicted molar refractivity (Wildman–Crippen MR) is 125 cm³/mol. The zero-order chi connectivity index (χ0) is 22.2. The number of carbonyl (C=O) groups is 2. The van der Waals surface area contributed by atoms with Gasteiger partial charge < -0.3 is 15.2 Å². The standard InChI is InChI=1S/C21H19Cl2N5O2S/c1-2-11-28-17(12-18(29)25-16-10-6-9-15(22)20(16)23)26-27-21(28)31-13-19(30)24-14-7-4-3-5-8-14/h2-10H,1,11-13H2,(H,24,30)(H,25,29). The molecule has 2 amide bonds. The van der Waals surface area contributed by atoms with Crippen LogP contribution >= 0.6 is 35.0 Å². The molecule has 0 aliphatic rings. The molecule has 0 atom stereocenters. The summed E-state index contributed by atoms with van der Waals surface area (Å²) in [6, 6.07) is 14.2. The molecule has 0 saturated heterocycles. The van der Waals surface area contributed by atoms with Crippen molar-refractivity contribution in [3.05, 3.63) is 77.1 Å². The average molecular weight is 476 g/mol. The van der Waals surface area contributed by atoms with Crippen LogP contribution in [0.15, 0.2) is 66.3 Å². The molecule has 1 heterocycles. The Hall–Kier alpha value is -2.81. The van der Waals surface area contributed by atoms with Gasteiger partial charge in [-0.15, -0.1) is 16.8 Å². The SMILES string of the molecule is C=CCn1c(CC(=O)Nc2cccc(Cl)c2Cl)nnc1SCC(=O)Nc1ccccc1. The fourth-order valence-electron chi connectivity index (χ4n) is 2.66. The van der Waals surface area contributed by atoms with E-state index in [1.165, 1.54) is 11.8 Å². The minimum atomic E-state index is -0.319. The van der Waals surface area contributed by atoms with Crippen LogP contribution in [0, 0.1) is 0 Å². The number of amides is 2. The summed E-state index contributed by atoms with van der Waals surface area (Å²) in [5.74, 6) is 0.107. The van der Waals surface area contributed by atoms with E-state index in [0.29, 0.717) is 28.2 Å². The van der Waals surface area contributed by atoms with Crippen molar-refractivity contribution in [2.45, 2.75) is 18.1 Å². The zero-order valence-corrected chi connectivity index (χ0v) is 18.7. The summed E-state index contributed by atoms with van der Waals surface area (Å²) in [7, 11) is 0. The van der Waals surface area contributed by atoms with E-state index >= 15 is 0 Å². The van der Waals surface area contributed by atoms with Crippen LogP contribution in [-0.2, 0) is 22.6 Å². The second kappa shape index (κ2) is 11.0. The molecule has 0 saturated carbocycles. The van der Waals surface area contributed by atoms with Gasteiger partial charge in [0, 0.05) is 12.2 Å². The molecule has 0 spiro atoms. The van der Waals surface area contributed by atoms with Crippen molar-refractivity contribution in [2.24, 2.45) is 0 Å². The highest BCUT2D eigenvalue weighted by Crippen LogP contribution is 2.29. The molecule has 3 aromatic rings. The largest absolute Gasteiger partial charge is 0.325 e. The molecule has 7 nitrogen and oxygen atoms in total. The van der Waals surface area contributed by atoms with E-state index in [1.807, 2.05) is 30.3 Å². The summed E-state index contributed by atoms with van der Waals surface area (Å²) < 4.78 is 1.74. The first-order chi connectivity index (χ1) is 15.0. The zero-order valence-electron chi connectivity index (χ0n) is 16.3. The Morgan fingerprint density at radius 3 is 2.55 bits per heavy atom. The van der Waals surface area contributed by atoms with Gasteiger partial charge in [0.25, 0.3) is 0 Å². The van der Waals surface area contributed by atoms with Gasteiger partial charge in [-0.25, -0.2) is 0 Å². The quantitative estimate of drug-likeness (QED) is 0.346. The molecule has 160 valence electrons. The molecule has 0 aliphatic carbocycles. The topological polar surface area (TPSA) is 88.9 Å². The van der Waals surface area contributed by atoms with E-state index in [-0.39, 0.29) is 29.0 Å². The smallest absolute Gasteiger partial charge is 0.234 e. The first kappa shape index (κ1) is 22.9. The van der Waals surface area contributed by atoms with Crippen molar-refractivity contribution >= 4 is 58.2 Å². The van der Waals surface area contributed by atoms with E-state index in [2.05, 4.69) is 27.4 Å². The molecule has 0 fully saturated rings. The molecule has 1 aromatic heterocycles. The van der Waals surface area contributed by atoms with E-state index in [4.69, 9.17) is 23.2 Å². The maximum Gasteiger partial charge on any atom is 0.234 e. The number of carbonyl (C=O) groups excluding carboxylic acids is 2. The summed E-state index contributed by atoms with van der Waals surface area (Å²) in [4.78, 5) is 24.7. The minimum Gasteiger partial charge on any atom is -0.325 e. The number of rotatable bonds is 9. The molecule has 0 aliphatic heterocycles. The number of benzene rings is 2. The number of allylic oxidation sites excluding steroid dienone is 1. The van der Waals surface area contributed by atoms with Crippen molar-refractivity contribution in [2.75, 3.05) is 16.4 Å². The molecular weight excluding hydrogens is 457 g/mol. The van der Waals surface area contributed by atoms with Crippen LogP contribution in [0.5, 0.6) is 0 Å². The van der Waals surface area contributed by atoms with Gasteiger partial charge in [-0.2, -0.15) is 0 Å². The van der Waals surface area contributed by atoms with Crippen LogP contribution in [0.2, 0.25) is 10.0 Å². The highest BCUT2D eigenvalue weighted by molar-refractivity contribution is 7.99. The molecule has 2 aromatic carbocycles. The minimum absolute atomic E-state index is 0.0273. The van der Waals surface area contributed by atoms with Crippen molar-refractivity contribution in [1.82, 2.24) is 14.8 Å². The number of hydrogen-bond donors (Lipinski definition) is 2. The average Bonchev–Trinajstić information content (AvgIpc) is 3.12. The summed E-state index contributed by atoms with van der Waals surface area (Å²) in [5, 5.41) is 14.9. The van der Waals surface area contributed by atoms with Gasteiger partial charge in [0.1, 0.15) is 5.82 Å². The van der Waals surface area contributed by atoms with Crippen LogP contribution in [0.25, 0.3) is 0 Å². The Labute approximate surface area is 193 Å². The van der Waals surface area contributed by atoms with Gasteiger partial charge >= 0.3 is 0 Å². The Morgan fingerprint density at radius 1 is 1.03 bits per heavy atom. The van der Waals surface area contributed by atoms with Gasteiger partial charge in [-0.05, 0) is 24.3 Å². The molecule has 0 bridgehead atoms. The van der Waals surface area contributed by atoms with E-state index in [0.717, 1.165) is 5.69 Å². The van der Waals surface area contributed by atoms with Gasteiger partial charge in [0.2, 0.25) is 11.8 Å². The summed E-state index contributed by atoms with van der Waals surface area (Å²) in [6.07, 6.45) is 1.65. The van der Waals surface area contributed by atoms with Crippen LogP contribution in [0.4, 0.5) is 11.4 Å². The fraction of sp³-hybridized carbons (Fsp3) is 0.143. The monoisotopic (exact) mass is 475 g/mol. The molecule has 0 unspecified atom stereocenters. The van der Waals surface area contributed by atoms with Crippen molar-refractivity contribution in [1.29, 1.82) is 0 Å². The first-order valence-corrected chi connectivity index (χ1v) is 11.0. The molecule has 0 radical (unpaired) electrons. The lowest BCUT2D eigenvalue weighted by Crippen LogP contribution is -2.18. The first-order valence-electron chi connectivity index (χ1n) is 9.22. The number of halogens is 2. The predicted octanol–water partition coefficient (Wildman–Crippen LogP) is 4.68. The lowest BCUT2D eigenvalue weighted by molar-refractivity contribution is -0.116. The third-order valence-electron chi connectivity index (χ3n) is 4.04. The van der Waals surface area contributed by atoms with Crippen LogP contribution in [0.3, 0.4) is 0 Å². The number of para-hydroxylation sites is 1. The Balaban J connectivity index is 1.64. The summed E-state index contributed by atoms with van der Waals surface area (Å²) in [5.41, 5.74) is 1.14. The summed E-state index contributed by atoms with van der Waals surface area (Å²) >= 11 is 13.3. The highest BCUT2D eigenvalue weighted by Gasteiger charge is 2.17. The van der Waals surface area contributed by atoms with Crippen molar-refractivity contribution in [3.8, 4) is 0 Å². The van der Waals surface area contributed by atoms with E-state index in [9.17, 15) is 9.59 Å². The number of nitrogens with one attached hydrogen (secondary N) is 2. The van der Waals surface area contributed by atoms with Crippen molar-refractivity contribution in [3.63, 3.8) is 0 Å². The summed E-state index contributed by atoms with van der Waals surface area (Å²) in [6.45, 7) is 4.14. The molecular formula is C21H19Cl2N5O2S. The Bertz CT molecular complexity index is 1090. The van der Waals surface area contributed by atoms with Gasteiger partial charge in [0.05, 0.1) is 27.9 Å². The normalized spacial score (nSPS) is 10.5. The number of aromatic nitrogens is 3. The Kier molecular flexibility index (Phi) is 8.11. The molecule has 2 N–H and O–H groups in total. The Morgan fingerprint density at radius 2 is 1.81 bits per heavy atom. The fourth-order valence-corrected chi connectivity index (χ4v) is 3.77. The second-order valence-corrected chi connectivity index (χ2v) is 8.05. The molecule has 3 rings (SSSR count). The van der Waals surface area contributed by atoms with Crippen LogP contribution < -0.4 is 10.6 Å². The number of hydrogen-bond acceptors (Lipinski definition) is 5. The maximum absolute atomic E-state index is 12.5. The number of anilines is 2. The lowest BCUT2D eigenvalue weighted by atomic mass is 10.3. The van der Waals surface area contributed by atoms with Crippen LogP contribution in [-0.4, -0.2) is 32.3 Å². The third-order valence-corrected chi connectivity index (χ3v) is 5.83.